The van der Waals surface area contributed by atoms with Crippen LogP contribution < -0.4 is 5.73 Å². The first-order valence-corrected chi connectivity index (χ1v) is 6.46. The van der Waals surface area contributed by atoms with E-state index in [0.29, 0.717) is 17.1 Å². The van der Waals surface area contributed by atoms with Crippen LogP contribution in [-0.4, -0.2) is 10.7 Å². The average molecular weight is 261 g/mol. The molecule has 0 saturated carbocycles. The first kappa shape index (κ1) is 12.4. The maximum Gasteiger partial charge on any atom is 0.112 e. The lowest BCUT2D eigenvalue weighted by Gasteiger charge is -2.09. The van der Waals surface area contributed by atoms with Crippen LogP contribution in [0.5, 0.6) is 0 Å². The van der Waals surface area contributed by atoms with E-state index in [1.165, 1.54) is 0 Å². The minimum Gasteiger partial charge on any atom is -0.397 e. The Kier molecular flexibility index (Phi) is 2.95. The van der Waals surface area contributed by atoms with E-state index in [9.17, 15) is 0 Å². The first-order chi connectivity index (χ1) is 9.65. The van der Waals surface area contributed by atoms with Crippen LogP contribution >= 0.6 is 0 Å². The Bertz CT molecular complexity index is 806. The molecule has 0 aliphatic heterocycles. The van der Waals surface area contributed by atoms with Crippen molar-refractivity contribution in [1.82, 2.24) is 4.98 Å². The molecule has 0 bridgehead atoms. The van der Waals surface area contributed by atoms with E-state index in [1.807, 2.05) is 49.4 Å². The second-order valence-corrected chi connectivity index (χ2v) is 4.83. The monoisotopic (exact) mass is 261 g/mol. The van der Waals surface area contributed by atoms with Gasteiger partial charge in [0.25, 0.3) is 0 Å². The molecular weight excluding hydrogens is 246 g/mol. The number of aromatic nitrogens is 1. The minimum absolute atomic E-state index is 0.358. The van der Waals surface area contributed by atoms with Crippen molar-refractivity contribution in [2.24, 2.45) is 0 Å². The highest BCUT2D eigenvalue weighted by Crippen LogP contribution is 2.20. The zero-order chi connectivity index (χ0) is 14.1. The van der Waals surface area contributed by atoms with Gasteiger partial charge in [0.15, 0.2) is 0 Å². The third-order valence-corrected chi connectivity index (χ3v) is 3.34. The summed E-state index contributed by atoms with van der Waals surface area (Å²) < 4.78 is 0. The van der Waals surface area contributed by atoms with E-state index in [-0.39, 0.29) is 0 Å². The number of aryl methyl sites for hydroxylation is 1. The Balaban J connectivity index is 2.10. The third-order valence-electron chi connectivity index (χ3n) is 3.34. The fraction of sp³-hybridized carbons (Fsp3) is 0.0588. The summed E-state index contributed by atoms with van der Waals surface area (Å²) in [4.78, 5) is 4.38. The topological polar surface area (TPSA) is 62.8 Å². The summed E-state index contributed by atoms with van der Waals surface area (Å²) in [5, 5.41) is 10.6. The Hall–Kier alpha value is -2.68. The molecule has 0 fully saturated rings. The third kappa shape index (κ3) is 2.14. The molecule has 3 rings (SSSR count). The van der Waals surface area contributed by atoms with Crippen molar-refractivity contribution < 1.29 is 0 Å². The Labute approximate surface area is 117 Å². The molecular formula is C17H15N3. The number of rotatable bonds is 2. The van der Waals surface area contributed by atoms with Gasteiger partial charge < -0.3 is 5.73 Å². The largest absolute Gasteiger partial charge is 0.397 e. The molecule has 2 aromatic carbocycles. The van der Waals surface area contributed by atoms with Crippen molar-refractivity contribution in [3.05, 3.63) is 71.5 Å². The molecule has 0 radical (unpaired) electrons. The van der Waals surface area contributed by atoms with Gasteiger partial charge in [-0.1, -0.05) is 36.4 Å². The van der Waals surface area contributed by atoms with Crippen molar-refractivity contribution in [2.45, 2.75) is 6.92 Å². The average Bonchev–Trinajstić information content (AvgIpc) is 2.48. The molecule has 0 saturated heterocycles. The summed E-state index contributed by atoms with van der Waals surface area (Å²) in [6.07, 6.45) is 0. The summed E-state index contributed by atoms with van der Waals surface area (Å²) >= 11 is 0. The fourth-order valence-corrected chi connectivity index (χ4v) is 2.25. The molecule has 20 heavy (non-hydrogen) atoms. The molecule has 0 amide bonds. The Morgan fingerprint density at radius 1 is 1.00 bits per heavy atom. The lowest BCUT2D eigenvalue weighted by Crippen LogP contribution is -2.09. The maximum atomic E-state index is 8.34. The van der Waals surface area contributed by atoms with Gasteiger partial charge in [-0.2, -0.15) is 0 Å². The van der Waals surface area contributed by atoms with E-state index in [1.54, 1.807) is 6.07 Å². The predicted molar refractivity (Wildman–Crippen MR) is 83.3 cm³/mol. The smallest absolute Gasteiger partial charge is 0.112 e. The Morgan fingerprint density at radius 2 is 1.75 bits per heavy atom. The molecule has 0 spiro atoms. The minimum atomic E-state index is 0.358. The van der Waals surface area contributed by atoms with Crippen molar-refractivity contribution >= 4 is 22.2 Å². The molecule has 3 aromatic rings. The van der Waals surface area contributed by atoms with Crippen LogP contribution in [0.15, 0.2) is 54.6 Å². The molecule has 1 heterocycles. The maximum absolute atomic E-state index is 8.34. The van der Waals surface area contributed by atoms with Gasteiger partial charge in [0.05, 0.1) is 11.4 Å². The Morgan fingerprint density at radius 3 is 2.55 bits per heavy atom. The lowest BCUT2D eigenvalue weighted by molar-refractivity contribution is 1.18. The quantitative estimate of drug-likeness (QED) is 0.693. The number of nitrogens with two attached hydrogens (primary N) is 1. The molecule has 3 heteroatoms. The molecule has 3 N–H and O–H groups in total. The van der Waals surface area contributed by atoms with Crippen LogP contribution in [0, 0.1) is 12.3 Å². The van der Waals surface area contributed by atoms with Gasteiger partial charge in [-0.05, 0) is 35.9 Å². The number of anilines is 1. The standard InChI is InChI=1S/C17H15N3/c1-11-6-9-15(18)17(20-11)16(19)14-8-7-12-4-2-3-5-13(12)10-14/h2-10,19H,18H2,1H3. The number of benzene rings is 2. The fourth-order valence-electron chi connectivity index (χ4n) is 2.25. The van der Waals surface area contributed by atoms with E-state index < -0.39 is 0 Å². The number of nitrogens with zero attached hydrogens (tertiary/aromatic N) is 1. The van der Waals surface area contributed by atoms with Crippen molar-refractivity contribution in [3.63, 3.8) is 0 Å². The first-order valence-electron chi connectivity index (χ1n) is 6.46. The highest BCUT2D eigenvalue weighted by atomic mass is 14.8. The van der Waals surface area contributed by atoms with Gasteiger partial charge in [-0.15, -0.1) is 0 Å². The molecule has 0 aliphatic carbocycles. The van der Waals surface area contributed by atoms with Crippen LogP contribution in [0.25, 0.3) is 10.8 Å². The second kappa shape index (κ2) is 4.78. The summed E-state index contributed by atoms with van der Waals surface area (Å²) in [5.41, 5.74) is 9.06. The zero-order valence-corrected chi connectivity index (χ0v) is 11.2. The highest BCUT2D eigenvalue weighted by Gasteiger charge is 2.10. The van der Waals surface area contributed by atoms with Gasteiger partial charge in [0.1, 0.15) is 5.69 Å². The molecule has 0 atom stereocenters. The summed E-state index contributed by atoms with van der Waals surface area (Å²) in [7, 11) is 0. The van der Waals surface area contributed by atoms with Crippen LogP contribution in [0.2, 0.25) is 0 Å². The SMILES string of the molecule is Cc1ccc(N)c(C(=N)c2ccc3ccccc3c2)n1. The van der Waals surface area contributed by atoms with Gasteiger partial charge in [0, 0.05) is 11.3 Å². The van der Waals surface area contributed by atoms with Crippen LogP contribution in [-0.2, 0) is 0 Å². The van der Waals surface area contributed by atoms with Gasteiger partial charge in [-0.3, -0.25) is 5.41 Å². The summed E-state index contributed by atoms with van der Waals surface area (Å²) in [6.45, 7) is 1.90. The van der Waals surface area contributed by atoms with E-state index in [0.717, 1.165) is 22.0 Å². The van der Waals surface area contributed by atoms with Crippen LogP contribution in [0.1, 0.15) is 17.0 Å². The molecule has 0 aliphatic rings. The number of hydrogen-bond acceptors (Lipinski definition) is 3. The summed E-state index contributed by atoms with van der Waals surface area (Å²) in [5.74, 6) is 0. The van der Waals surface area contributed by atoms with E-state index in [4.69, 9.17) is 11.1 Å². The van der Waals surface area contributed by atoms with Gasteiger partial charge in [0.2, 0.25) is 0 Å². The molecule has 98 valence electrons. The van der Waals surface area contributed by atoms with Gasteiger partial charge >= 0.3 is 0 Å². The predicted octanol–water partition coefficient (Wildman–Crippen LogP) is 3.54. The molecule has 3 nitrogen and oxygen atoms in total. The number of hydrogen-bond donors (Lipinski definition) is 2. The highest BCUT2D eigenvalue weighted by molar-refractivity contribution is 6.13. The number of nitrogen functional groups attached to an aromatic ring is 1. The molecule has 1 aromatic heterocycles. The summed E-state index contributed by atoms with van der Waals surface area (Å²) in [6, 6.07) is 17.7. The van der Waals surface area contributed by atoms with Crippen molar-refractivity contribution in [1.29, 1.82) is 5.41 Å². The van der Waals surface area contributed by atoms with Gasteiger partial charge in [-0.25, -0.2) is 4.98 Å². The number of nitrogens with one attached hydrogen (secondary N) is 1. The van der Waals surface area contributed by atoms with Crippen LogP contribution in [0.4, 0.5) is 5.69 Å². The van der Waals surface area contributed by atoms with Crippen molar-refractivity contribution in [3.8, 4) is 0 Å². The molecule has 0 unspecified atom stereocenters. The second-order valence-electron chi connectivity index (χ2n) is 4.83. The van der Waals surface area contributed by atoms with E-state index >= 15 is 0 Å². The van der Waals surface area contributed by atoms with Crippen LogP contribution in [0.3, 0.4) is 0 Å². The van der Waals surface area contributed by atoms with E-state index in [2.05, 4.69) is 11.1 Å². The van der Waals surface area contributed by atoms with Crippen molar-refractivity contribution in [2.75, 3.05) is 5.73 Å². The number of fused-ring (bicyclic) bond motifs is 1. The zero-order valence-electron chi connectivity index (χ0n) is 11.2. The normalized spacial score (nSPS) is 10.7. The number of pyridine rings is 1. The lowest BCUT2D eigenvalue weighted by atomic mass is 10.0.